The first-order valence-corrected chi connectivity index (χ1v) is 7.38. The Balaban J connectivity index is 2.11. The molecule has 0 aromatic rings. The lowest BCUT2D eigenvalue weighted by Gasteiger charge is -2.40. The van der Waals surface area contributed by atoms with Crippen molar-refractivity contribution in [2.45, 2.75) is 43.3 Å². The lowest BCUT2D eigenvalue weighted by molar-refractivity contribution is -0.154. The van der Waals surface area contributed by atoms with Crippen LogP contribution in [0.5, 0.6) is 0 Å². The molecule has 1 saturated heterocycles. The molecule has 8 heteroatoms. The number of hydrogen-bond donors (Lipinski definition) is 0. The number of ether oxygens (including phenoxy) is 2. The molecule has 1 amide bonds. The van der Waals surface area contributed by atoms with Crippen LogP contribution in [0, 0.1) is 11.8 Å². The maximum atomic E-state index is 12.1. The summed E-state index contributed by atoms with van der Waals surface area (Å²) in [6.07, 6.45) is -0.628. The van der Waals surface area contributed by atoms with Gasteiger partial charge in [-0.05, 0) is 32.7 Å². The summed E-state index contributed by atoms with van der Waals surface area (Å²) in [7, 11) is 0. The van der Waals surface area contributed by atoms with Crippen LogP contribution in [0.4, 0.5) is 4.79 Å². The van der Waals surface area contributed by atoms with E-state index in [2.05, 4.69) is 10.0 Å². The van der Waals surface area contributed by atoms with E-state index in [9.17, 15) is 9.59 Å². The second-order valence-corrected chi connectivity index (χ2v) is 7.31. The molecule has 1 aliphatic heterocycles. The number of azide groups is 1. The van der Waals surface area contributed by atoms with Crippen LogP contribution in [0.15, 0.2) is 5.11 Å². The Labute approximate surface area is 121 Å². The summed E-state index contributed by atoms with van der Waals surface area (Å²) in [6, 6.07) is 0. The summed E-state index contributed by atoms with van der Waals surface area (Å²) >= 11 is 1.73. The van der Waals surface area contributed by atoms with Crippen molar-refractivity contribution in [2.75, 3.05) is 6.61 Å². The SMILES string of the molecule is CCOC(=O)C1[C@H]2[C@@H](OC(=O)N=[N+]=[N-])C[C@H]2SC1(C)C. The van der Waals surface area contributed by atoms with Crippen LogP contribution in [0.3, 0.4) is 0 Å². The van der Waals surface area contributed by atoms with Crippen molar-refractivity contribution in [1.29, 1.82) is 0 Å². The van der Waals surface area contributed by atoms with Crippen molar-refractivity contribution < 1.29 is 19.1 Å². The first-order chi connectivity index (χ1) is 9.40. The highest BCUT2D eigenvalue weighted by atomic mass is 32.2. The number of nitrogens with zero attached hydrogens (tertiary/aromatic N) is 3. The molecule has 0 N–H and O–H groups in total. The Morgan fingerprint density at radius 2 is 2.20 bits per heavy atom. The van der Waals surface area contributed by atoms with Crippen LogP contribution in [0.2, 0.25) is 0 Å². The number of rotatable bonds is 3. The highest BCUT2D eigenvalue weighted by Crippen LogP contribution is 2.60. The maximum absolute atomic E-state index is 12.1. The molecule has 7 nitrogen and oxygen atoms in total. The summed E-state index contributed by atoms with van der Waals surface area (Å²) in [5.74, 6) is -0.621. The van der Waals surface area contributed by atoms with Gasteiger partial charge in [0.25, 0.3) is 0 Å². The highest BCUT2D eigenvalue weighted by Gasteiger charge is 2.62. The summed E-state index contributed by atoms with van der Waals surface area (Å²) < 4.78 is 10.0. The third kappa shape index (κ3) is 2.58. The van der Waals surface area contributed by atoms with Gasteiger partial charge >= 0.3 is 12.1 Å². The van der Waals surface area contributed by atoms with E-state index in [1.54, 1.807) is 18.7 Å². The molecule has 1 saturated carbocycles. The van der Waals surface area contributed by atoms with Crippen molar-refractivity contribution in [1.82, 2.24) is 0 Å². The summed E-state index contributed by atoms with van der Waals surface area (Å²) in [4.78, 5) is 25.8. The molecule has 2 fully saturated rings. The quantitative estimate of drug-likeness (QED) is 0.345. The van der Waals surface area contributed by atoms with E-state index >= 15 is 0 Å². The Bertz CT molecular complexity index is 475. The van der Waals surface area contributed by atoms with E-state index in [1.165, 1.54) is 0 Å². The van der Waals surface area contributed by atoms with Gasteiger partial charge in [0.2, 0.25) is 0 Å². The fraction of sp³-hybridized carbons (Fsp3) is 0.833. The highest BCUT2D eigenvalue weighted by molar-refractivity contribution is 8.01. The predicted octanol–water partition coefficient (Wildman–Crippen LogP) is 2.90. The molecule has 110 valence electrons. The standard InChI is InChI=1S/C12H17N3O4S/c1-4-18-10(16)9-8-6(19-11(17)14-15-13)5-7(8)20-12(9,2)3/h6-9H,4-5H2,1-3H3/t6-,7+,8-,9?/m0/s1. The van der Waals surface area contributed by atoms with Gasteiger partial charge in [0.1, 0.15) is 6.10 Å². The lowest BCUT2D eigenvalue weighted by Crippen LogP contribution is -2.50. The van der Waals surface area contributed by atoms with E-state index in [4.69, 9.17) is 15.0 Å². The molecule has 0 spiro atoms. The zero-order valence-electron chi connectivity index (χ0n) is 11.6. The molecule has 1 aliphatic carbocycles. The number of amides is 1. The van der Waals surface area contributed by atoms with Crippen molar-refractivity contribution >= 4 is 23.8 Å². The second kappa shape index (κ2) is 5.54. The monoisotopic (exact) mass is 299 g/mol. The van der Waals surface area contributed by atoms with Gasteiger partial charge < -0.3 is 9.47 Å². The van der Waals surface area contributed by atoms with Gasteiger partial charge in [-0.25, -0.2) is 4.79 Å². The minimum atomic E-state index is -0.937. The molecule has 2 rings (SSSR count). The normalized spacial score (nSPS) is 33.4. The van der Waals surface area contributed by atoms with E-state index in [1.807, 2.05) is 13.8 Å². The van der Waals surface area contributed by atoms with Crippen molar-refractivity contribution in [2.24, 2.45) is 17.0 Å². The van der Waals surface area contributed by atoms with Crippen LogP contribution in [0.1, 0.15) is 27.2 Å². The average molecular weight is 299 g/mol. The third-order valence-corrected chi connectivity index (χ3v) is 5.50. The van der Waals surface area contributed by atoms with Crippen molar-refractivity contribution in [3.05, 3.63) is 10.4 Å². The zero-order chi connectivity index (χ0) is 14.9. The number of fused-ring (bicyclic) bond motifs is 1. The second-order valence-electron chi connectivity index (χ2n) is 5.41. The first-order valence-electron chi connectivity index (χ1n) is 6.51. The third-order valence-electron chi connectivity index (χ3n) is 3.83. The van der Waals surface area contributed by atoms with Crippen LogP contribution in [0.25, 0.3) is 10.4 Å². The predicted molar refractivity (Wildman–Crippen MR) is 73.1 cm³/mol. The summed E-state index contributed by atoms with van der Waals surface area (Å²) in [6.45, 7) is 6.11. The number of carbonyl (C=O) groups excluding carboxylic acids is 2. The van der Waals surface area contributed by atoms with Crippen LogP contribution >= 0.6 is 11.8 Å². The average Bonchev–Trinajstić information content (AvgIpc) is 2.55. The fourth-order valence-electron chi connectivity index (χ4n) is 3.06. The van der Waals surface area contributed by atoms with Gasteiger partial charge in [-0.2, -0.15) is 11.8 Å². The zero-order valence-corrected chi connectivity index (χ0v) is 12.4. The molecule has 0 aromatic heterocycles. The minimum absolute atomic E-state index is 0.0631. The van der Waals surface area contributed by atoms with Crippen LogP contribution in [-0.2, 0) is 14.3 Å². The largest absolute Gasteiger partial charge is 0.466 e. The van der Waals surface area contributed by atoms with Crippen molar-refractivity contribution in [3.8, 4) is 0 Å². The van der Waals surface area contributed by atoms with Gasteiger partial charge in [0, 0.05) is 25.9 Å². The Morgan fingerprint density at radius 1 is 1.50 bits per heavy atom. The molecular formula is C12H17N3O4S. The molecule has 4 atom stereocenters. The summed E-state index contributed by atoms with van der Waals surface area (Å²) in [5, 5.41) is 3.18. The van der Waals surface area contributed by atoms with E-state index in [-0.39, 0.29) is 33.9 Å². The van der Waals surface area contributed by atoms with E-state index in [0.29, 0.717) is 13.0 Å². The molecular weight excluding hydrogens is 282 g/mol. The number of carbonyl (C=O) groups is 2. The Hall–Kier alpha value is -1.40. The minimum Gasteiger partial charge on any atom is -0.466 e. The summed E-state index contributed by atoms with van der Waals surface area (Å²) in [5.41, 5.74) is 8.20. The van der Waals surface area contributed by atoms with Gasteiger partial charge in [0.05, 0.1) is 12.5 Å². The molecule has 0 radical (unpaired) electrons. The topological polar surface area (TPSA) is 101 Å². The molecule has 2 aliphatic rings. The van der Waals surface area contributed by atoms with Gasteiger partial charge in [-0.1, -0.05) is 0 Å². The number of hydrogen-bond acceptors (Lipinski definition) is 5. The molecule has 0 bridgehead atoms. The lowest BCUT2D eigenvalue weighted by atomic mass is 9.69. The first kappa shape index (κ1) is 15.0. The van der Waals surface area contributed by atoms with Crippen LogP contribution in [-0.4, -0.2) is 34.8 Å². The van der Waals surface area contributed by atoms with Gasteiger partial charge in [0.15, 0.2) is 0 Å². The molecule has 1 unspecified atom stereocenters. The van der Waals surface area contributed by atoms with Crippen LogP contribution < -0.4 is 0 Å². The Morgan fingerprint density at radius 3 is 2.80 bits per heavy atom. The molecule has 1 heterocycles. The smallest absolute Gasteiger partial charge is 0.397 e. The van der Waals surface area contributed by atoms with E-state index in [0.717, 1.165) is 0 Å². The molecule has 0 aromatic carbocycles. The van der Waals surface area contributed by atoms with E-state index < -0.39 is 6.09 Å². The molecule has 20 heavy (non-hydrogen) atoms. The van der Waals surface area contributed by atoms with Crippen molar-refractivity contribution in [3.63, 3.8) is 0 Å². The fourth-order valence-corrected chi connectivity index (χ4v) is 5.01. The number of thioether (sulfide) groups is 1. The number of esters is 1. The Kier molecular flexibility index (Phi) is 4.15. The van der Waals surface area contributed by atoms with Gasteiger partial charge in [-0.3, -0.25) is 4.79 Å². The van der Waals surface area contributed by atoms with Gasteiger partial charge in [-0.15, -0.1) is 0 Å². The maximum Gasteiger partial charge on any atom is 0.397 e.